The van der Waals surface area contributed by atoms with Gasteiger partial charge in [0.15, 0.2) is 11.6 Å². The van der Waals surface area contributed by atoms with Gasteiger partial charge in [-0.05, 0) is 60.3 Å². The van der Waals surface area contributed by atoms with Crippen molar-refractivity contribution in [2.75, 3.05) is 0 Å². The highest BCUT2D eigenvalue weighted by Gasteiger charge is 2.82. The summed E-state index contributed by atoms with van der Waals surface area (Å²) in [6.45, 7) is 16.1. The Hall–Kier alpha value is -2.04. The van der Waals surface area contributed by atoms with Crippen molar-refractivity contribution >= 4 is 17.5 Å². The molecular formula is C33H45NO6. The molecule has 6 rings (SSSR count). The smallest absolute Gasteiger partial charge is 0.303 e. The fraction of sp³-hybridized carbons (Fsp3) is 0.818. The van der Waals surface area contributed by atoms with Crippen LogP contribution >= 0.6 is 0 Å². The van der Waals surface area contributed by atoms with Gasteiger partial charge in [0.1, 0.15) is 17.8 Å². The second kappa shape index (κ2) is 7.86. The van der Waals surface area contributed by atoms with Crippen molar-refractivity contribution in [2.24, 2.45) is 44.8 Å². The molecule has 6 aliphatic rings. The standard InChI is InChI=1S/C33H45NO6/c1-18(35)39-32-13-12-30(7)24(19(32)15-27(2,3)23(37)16-32)20(36)14-22-29(30,6)11-9-10-21-28(4,5)25(38)33(17-34)26(40-33)31(21,22)8/h14,19,21,23-24,26,37H,9-13,15-16H2,1-8H3. The van der Waals surface area contributed by atoms with Gasteiger partial charge in [-0.1, -0.05) is 60.5 Å². The Labute approximate surface area is 238 Å². The summed E-state index contributed by atoms with van der Waals surface area (Å²) in [5.41, 5.74) is -3.87. The number of hydrogen-bond donors (Lipinski definition) is 1. The Bertz CT molecular complexity index is 1290. The molecule has 0 aromatic carbocycles. The number of aliphatic hydroxyl groups is 1. The number of rotatable bonds is 1. The van der Waals surface area contributed by atoms with Gasteiger partial charge in [0, 0.05) is 36.0 Å². The van der Waals surface area contributed by atoms with E-state index in [2.05, 4.69) is 26.8 Å². The molecule has 1 heterocycles. The number of nitriles is 1. The molecule has 0 bridgehead atoms. The van der Waals surface area contributed by atoms with Crippen LogP contribution < -0.4 is 0 Å². The maximum absolute atomic E-state index is 14.6. The number of epoxide rings is 1. The minimum Gasteiger partial charge on any atom is -0.459 e. The van der Waals surface area contributed by atoms with E-state index in [0.29, 0.717) is 25.7 Å². The van der Waals surface area contributed by atoms with Crippen LogP contribution in [0.5, 0.6) is 0 Å². The van der Waals surface area contributed by atoms with E-state index >= 15 is 0 Å². The van der Waals surface area contributed by atoms with Crippen molar-refractivity contribution in [1.82, 2.24) is 0 Å². The first-order valence-electron chi connectivity index (χ1n) is 15.2. The van der Waals surface area contributed by atoms with Crippen LogP contribution in [-0.4, -0.2) is 46.1 Å². The zero-order valence-corrected chi connectivity index (χ0v) is 25.3. The molecule has 7 heteroatoms. The first-order chi connectivity index (χ1) is 18.4. The molecule has 10 unspecified atom stereocenters. The number of allylic oxidation sites excluding steroid dienone is 1. The highest BCUT2D eigenvalue weighted by Crippen LogP contribution is 2.76. The molecule has 0 radical (unpaired) electrons. The molecular weight excluding hydrogens is 506 g/mol. The second-order valence-corrected chi connectivity index (χ2v) is 16.0. The minimum atomic E-state index is -1.44. The van der Waals surface area contributed by atoms with Crippen molar-refractivity contribution in [2.45, 2.75) is 124 Å². The first kappa shape index (κ1) is 28.1. The summed E-state index contributed by atoms with van der Waals surface area (Å²) in [4.78, 5) is 40.6. The number of Topliss-reactive ketones (excluding diaryl/α,β-unsaturated/α-hetero) is 1. The number of ketones is 2. The summed E-state index contributed by atoms with van der Waals surface area (Å²) in [5.74, 6) is -1.07. The Morgan fingerprint density at radius 1 is 1.07 bits per heavy atom. The van der Waals surface area contributed by atoms with Gasteiger partial charge in [-0.3, -0.25) is 14.4 Å². The third-order valence-electron chi connectivity index (χ3n) is 13.4. The predicted molar refractivity (Wildman–Crippen MR) is 146 cm³/mol. The van der Waals surface area contributed by atoms with Crippen LogP contribution in [0.2, 0.25) is 0 Å². The number of esters is 1. The van der Waals surface area contributed by atoms with Crippen molar-refractivity contribution in [1.29, 1.82) is 5.26 Å². The molecule has 218 valence electrons. The van der Waals surface area contributed by atoms with E-state index in [4.69, 9.17) is 9.47 Å². The second-order valence-electron chi connectivity index (χ2n) is 16.0. The van der Waals surface area contributed by atoms with Crippen LogP contribution in [-0.2, 0) is 23.9 Å². The molecule has 5 fully saturated rings. The minimum absolute atomic E-state index is 0.0446. The van der Waals surface area contributed by atoms with Crippen molar-refractivity contribution in [3.05, 3.63) is 11.6 Å². The summed E-state index contributed by atoms with van der Waals surface area (Å²) >= 11 is 0. The van der Waals surface area contributed by atoms with Gasteiger partial charge >= 0.3 is 5.97 Å². The SMILES string of the molecule is CC(=O)OC12CCC3(C)C(C(=O)C=C4C5(C)C(CCCC43C)C(C)(C)C(=O)C3(C#N)OC35)C1CC(C)(C)C(O)C2. The number of fused-ring (bicyclic) bond motifs is 9. The number of carbonyl (C=O) groups excluding carboxylic acids is 3. The maximum atomic E-state index is 14.6. The number of carbonyl (C=O) groups is 3. The Morgan fingerprint density at radius 3 is 2.38 bits per heavy atom. The van der Waals surface area contributed by atoms with Crippen LogP contribution in [0.15, 0.2) is 11.6 Å². The fourth-order valence-electron chi connectivity index (χ4n) is 11.1. The summed E-state index contributed by atoms with van der Waals surface area (Å²) in [7, 11) is 0. The van der Waals surface area contributed by atoms with Crippen molar-refractivity contribution in [3.8, 4) is 6.07 Å². The van der Waals surface area contributed by atoms with Crippen LogP contribution in [0, 0.1) is 56.2 Å². The Kier molecular flexibility index (Phi) is 5.52. The monoisotopic (exact) mass is 551 g/mol. The number of nitrogens with zero attached hydrogens (tertiary/aromatic N) is 1. The largest absolute Gasteiger partial charge is 0.459 e. The molecule has 0 spiro atoms. The van der Waals surface area contributed by atoms with Crippen LogP contribution in [0.25, 0.3) is 0 Å². The predicted octanol–water partition coefficient (Wildman–Crippen LogP) is 5.09. The fourth-order valence-corrected chi connectivity index (χ4v) is 11.1. The van der Waals surface area contributed by atoms with E-state index in [0.717, 1.165) is 24.8 Å². The molecule has 1 aliphatic heterocycles. The average Bonchev–Trinajstić information content (AvgIpc) is 3.62. The third kappa shape index (κ3) is 3.05. The molecule has 0 aromatic heterocycles. The molecule has 40 heavy (non-hydrogen) atoms. The Morgan fingerprint density at radius 2 is 1.75 bits per heavy atom. The molecule has 5 aliphatic carbocycles. The van der Waals surface area contributed by atoms with Gasteiger partial charge in [-0.2, -0.15) is 5.26 Å². The summed E-state index contributed by atoms with van der Waals surface area (Å²) < 4.78 is 12.2. The summed E-state index contributed by atoms with van der Waals surface area (Å²) in [5, 5.41) is 21.3. The normalized spacial score (nSPS) is 51.8. The average molecular weight is 552 g/mol. The van der Waals surface area contributed by atoms with E-state index in [1.54, 1.807) is 0 Å². The molecule has 1 N–H and O–H groups in total. The lowest BCUT2D eigenvalue weighted by Gasteiger charge is -2.66. The molecule has 1 saturated heterocycles. The van der Waals surface area contributed by atoms with E-state index < -0.39 is 45.1 Å². The van der Waals surface area contributed by atoms with Crippen LogP contribution in [0.3, 0.4) is 0 Å². The quantitative estimate of drug-likeness (QED) is 0.356. The third-order valence-corrected chi connectivity index (χ3v) is 13.4. The lowest BCUT2D eigenvalue weighted by molar-refractivity contribution is -0.227. The lowest BCUT2D eigenvalue weighted by atomic mass is 9.38. The van der Waals surface area contributed by atoms with Gasteiger partial charge in [0.25, 0.3) is 0 Å². The van der Waals surface area contributed by atoms with E-state index in [-0.39, 0.29) is 40.7 Å². The van der Waals surface area contributed by atoms with Crippen molar-refractivity contribution < 1.29 is 29.0 Å². The van der Waals surface area contributed by atoms with Crippen LogP contribution in [0.1, 0.15) is 100 Å². The van der Waals surface area contributed by atoms with Gasteiger partial charge in [0.05, 0.1) is 6.10 Å². The van der Waals surface area contributed by atoms with Gasteiger partial charge < -0.3 is 14.6 Å². The molecule has 0 amide bonds. The molecule has 0 aromatic rings. The molecule has 7 nitrogen and oxygen atoms in total. The van der Waals surface area contributed by atoms with E-state index in [9.17, 15) is 24.8 Å². The van der Waals surface area contributed by atoms with Gasteiger partial charge in [0.2, 0.25) is 5.60 Å². The maximum Gasteiger partial charge on any atom is 0.303 e. The summed E-state index contributed by atoms with van der Waals surface area (Å²) in [6, 6.07) is 2.24. The first-order valence-corrected chi connectivity index (χ1v) is 15.2. The summed E-state index contributed by atoms with van der Waals surface area (Å²) in [6.07, 6.45) is 5.52. The van der Waals surface area contributed by atoms with Gasteiger partial charge in [-0.25, -0.2) is 0 Å². The highest BCUT2D eigenvalue weighted by molar-refractivity contribution is 6.01. The highest BCUT2D eigenvalue weighted by atomic mass is 16.6. The van der Waals surface area contributed by atoms with Gasteiger partial charge in [-0.15, -0.1) is 0 Å². The zero-order chi connectivity index (χ0) is 29.5. The lowest BCUT2D eigenvalue weighted by Crippen LogP contribution is -2.67. The zero-order valence-electron chi connectivity index (χ0n) is 25.3. The number of aliphatic hydroxyl groups excluding tert-OH is 1. The topological polar surface area (TPSA) is 117 Å². The van der Waals surface area contributed by atoms with Crippen molar-refractivity contribution in [3.63, 3.8) is 0 Å². The van der Waals surface area contributed by atoms with E-state index in [1.165, 1.54) is 6.92 Å². The number of ether oxygens (including phenoxy) is 2. The van der Waals surface area contributed by atoms with Crippen LogP contribution in [0.4, 0.5) is 0 Å². The molecule has 10 atom stereocenters. The Balaban J connectivity index is 1.53. The molecule has 4 saturated carbocycles. The van der Waals surface area contributed by atoms with E-state index in [1.807, 2.05) is 33.8 Å². The number of hydrogen-bond acceptors (Lipinski definition) is 7.